The van der Waals surface area contributed by atoms with Gasteiger partial charge in [-0.2, -0.15) is 0 Å². The monoisotopic (exact) mass is 242 g/mol. The molecule has 0 aromatic heterocycles. The number of hydrogen-bond acceptors (Lipinski definition) is 2. The maximum Gasteiger partial charge on any atom is 0.309 e. The van der Waals surface area contributed by atoms with Crippen LogP contribution in [0.4, 0.5) is 0 Å². The highest BCUT2D eigenvalue weighted by Crippen LogP contribution is 2.42. The van der Waals surface area contributed by atoms with Crippen LogP contribution in [0.25, 0.3) is 0 Å². The Kier molecular flexibility index (Phi) is 5.96. The first-order valence-electron chi connectivity index (χ1n) is 6.92. The van der Waals surface area contributed by atoms with E-state index in [1.807, 2.05) is 0 Å². The van der Waals surface area contributed by atoms with Crippen LogP contribution >= 0.6 is 0 Å². The van der Waals surface area contributed by atoms with E-state index in [0.717, 1.165) is 38.7 Å². The van der Waals surface area contributed by atoms with Gasteiger partial charge >= 0.3 is 5.97 Å². The highest BCUT2D eigenvalue weighted by molar-refractivity contribution is 5.74. The van der Waals surface area contributed by atoms with Gasteiger partial charge in [0.1, 0.15) is 0 Å². The topological polar surface area (TPSA) is 46.5 Å². The van der Waals surface area contributed by atoms with Crippen molar-refractivity contribution in [2.75, 3.05) is 13.2 Å². The molecule has 1 fully saturated rings. The molecule has 1 rings (SSSR count). The molecule has 1 N–H and O–H groups in total. The SMILES string of the molecule is CCCCOCCC1(C(=O)O)CCCC(C)C1. The second kappa shape index (κ2) is 7.00. The smallest absolute Gasteiger partial charge is 0.309 e. The van der Waals surface area contributed by atoms with Crippen molar-refractivity contribution in [3.05, 3.63) is 0 Å². The summed E-state index contributed by atoms with van der Waals surface area (Å²) in [5.41, 5.74) is -0.510. The first-order valence-corrected chi connectivity index (χ1v) is 6.92. The molecular formula is C14H26O3. The Balaban J connectivity index is 2.40. The molecule has 2 unspecified atom stereocenters. The zero-order valence-corrected chi connectivity index (χ0v) is 11.2. The summed E-state index contributed by atoms with van der Waals surface area (Å²) in [6.45, 7) is 5.65. The van der Waals surface area contributed by atoms with E-state index in [1.54, 1.807) is 0 Å². The third-order valence-electron chi connectivity index (χ3n) is 3.91. The molecule has 0 spiro atoms. The molecule has 3 heteroatoms. The van der Waals surface area contributed by atoms with Crippen molar-refractivity contribution in [2.24, 2.45) is 11.3 Å². The third kappa shape index (κ3) is 4.30. The molecule has 2 atom stereocenters. The van der Waals surface area contributed by atoms with Gasteiger partial charge in [0.25, 0.3) is 0 Å². The average molecular weight is 242 g/mol. The largest absolute Gasteiger partial charge is 0.481 e. The van der Waals surface area contributed by atoms with Gasteiger partial charge in [0, 0.05) is 13.2 Å². The van der Waals surface area contributed by atoms with Crippen LogP contribution in [-0.2, 0) is 9.53 Å². The molecule has 0 aromatic carbocycles. The molecule has 1 aliphatic rings. The number of unbranched alkanes of at least 4 members (excludes halogenated alkanes) is 1. The number of carboxylic acids is 1. The van der Waals surface area contributed by atoms with E-state index in [9.17, 15) is 9.90 Å². The number of rotatable bonds is 7. The molecule has 17 heavy (non-hydrogen) atoms. The minimum Gasteiger partial charge on any atom is -0.481 e. The Morgan fingerprint density at radius 2 is 2.24 bits per heavy atom. The van der Waals surface area contributed by atoms with Gasteiger partial charge in [-0.1, -0.05) is 33.1 Å². The highest BCUT2D eigenvalue weighted by atomic mass is 16.5. The van der Waals surface area contributed by atoms with Crippen molar-refractivity contribution in [3.63, 3.8) is 0 Å². The molecule has 100 valence electrons. The van der Waals surface area contributed by atoms with Crippen LogP contribution < -0.4 is 0 Å². The van der Waals surface area contributed by atoms with Gasteiger partial charge in [-0.15, -0.1) is 0 Å². The lowest BCUT2D eigenvalue weighted by molar-refractivity contribution is -0.153. The maximum absolute atomic E-state index is 11.5. The first-order chi connectivity index (χ1) is 8.10. The van der Waals surface area contributed by atoms with Gasteiger partial charge in [0.05, 0.1) is 5.41 Å². The van der Waals surface area contributed by atoms with Gasteiger partial charge in [0.2, 0.25) is 0 Å². The van der Waals surface area contributed by atoms with Gasteiger partial charge in [-0.3, -0.25) is 4.79 Å². The molecule has 0 aromatic rings. The quantitative estimate of drug-likeness (QED) is 0.695. The summed E-state index contributed by atoms with van der Waals surface area (Å²) in [5.74, 6) is -0.0846. The standard InChI is InChI=1S/C14H26O3/c1-3-4-9-17-10-8-14(13(15)16)7-5-6-12(2)11-14/h12H,3-11H2,1-2H3,(H,15,16). The van der Waals surface area contributed by atoms with Crippen molar-refractivity contribution in [2.45, 2.75) is 58.8 Å². The minimum absolute atomic E-state index is 0.510. The van der Waals surface area contributed by atoms with Crippen molar-refractivity contribution in [1.82, 2.24) is 0 Å². The van der Waals surface area contributed by atoms with Gasteiger partial charge in [0.15, 0.2) is 0 Å². The molecule has 0 bridgehead atoms. The zero-order chi connectivity index (χ0) is 12.7. The normalized spacial score (nSPS) is 29.2. The summed E-state index contributed by atoms with van der Waals surface area (Å²) in [6.07, 6.45) is 6.73. The van der Waals surface area contributed by atoms with Crippen LogP contribution in [0.2, 0.25) is 0 Å². The molecule has 0 heterocycles. The second-order valence-electron chi connectivity index (χ2n) is 5.50. The highest BCUT2D eigenvalue weighted by Gasteiger charge is 2.41. The number of carbonyl (C=O) groups is 1. The van der Waals surface area contributed by atoms with Crippen LogP contribution in [-0.4, -0.2) is 24.3 Å². The van der Waals surface area contributed by atoms with E-state index >= 15 is 0 Å². The molecule has 0 saturated heterocycles. The van der Waals surface area contributed by atoms with Gasteiger partial charge < -0.3 is 9.84 Å². The molecule has 1 aliphatic carbocycles. The predicted octanol–water partition coefficient (Wildman–Crippen LogP) is 3.47. The first kappa shape index (κ1) is 14.5. The van der Waals surface area contributed by atoms with Crippen LogP contribution in [0.15, 0.2) is 0 Å². The predicted molar refractivity (Wildman–Crippen MR) is 68.0 cm³/mol. The lowest BCUT2D eigenvalue weighted by Gasteiger charge is -2.36. The fraction of sp³-hybridized carbons (Fsp3) is 0.929. The Labute approximate surface area is 105 Å². The lowest BCUT2D eigenvalue weighted by Crippen LogP contribution is -2.37. The minimum atomic E-state index is -0.622. The molecule has 0 radical (unpaired) electrons. The van der Waals surface area contributed by atoms with Gasteiger partial charge in [-0.25, -0.2) is 0 Å². The Morgan fingerprint density at radius 3 is 2.82 bits per heavy atom. The van der Waals surface area contributed by atoms with Gasteiger partial charge in [-0.05, 0) is 31.6 Å². The van der Waals surface area contributed by atoms with E-state index in [1.165, 1.54) is 6.42 Å². The summed E-state index contributed by atoms with van der Waals surface area (Å²) in [6, 6.07) is 0. The average Bonchev–Trinajstić information content (AvgIpc) is 2.28. The van der Waals surface area contributed by atoms with Crippen molar-refractivity contribution in [3.8, 4) is 0 Å². The maximum atomic E-state index is 11.5. The number of ether oxygens (including phenoxy) is 1. The van der Waals surface area contributed by atoms with Crippen molar-refractivity contribution >= 4 is 5.97 Å². The van der Waals surface area contributed by atoms with Crippen LogP contribution in [0.3, 0.4) is 0 Å². The summed E-state index contributed by atoms with van der Waals surface area (Å²) in [4.78, 5) is 11.5. The lowest BCUT2D eigenvalue weighted by atomic mass is 9.68. The summed E-state index contributed by atoms with van der Waals surface area (Å²) in [7, 11) is 0. The Bertz CT molecular complexity index is 240. The fourth-order valence-electron chi connectivity index (χ4n) is 2.80. The fourth-order valence-corrected chi connectivity index (χ4v) is 2.80. The number of hydrogen-bond donors (Lipinski definition) is 1. The second-order valence-corrected chi connectivity index (χ2v) is 5.50. The van der Waals surface area contributed by atoms with Crippen molar-refractivity contribution < 1.29 is 14.6 Å². The Hall–Kier alpha value is -0.570. The van der Waals surface area contributed by atoms with Crippen LogP contribution in [0.1, 0.15) is 58.8 Å². The number of carboxylic acid groups (broad SMARTS) is 1. The zero-order valence-electron chi connectivity index (χ0n) is 11.2. The van der Waals surface area contributed by atoms with E-state index in [0.29, 0.717) is 18.9 Å². The molecule has 3 nitrogen and oxygen atoms in total. The summed E-state index contributed by atoms with van der Waals surface area (Å²) >= 11 is 0. The molecule has 0 amide bonds. The van der Waals surface area contributed by atoms with E-state index < -0.39 is 11.4 Å². The molecule has 0 aliphatic heterocycles. The van der Waals surface area contributed by atoms with E-state index in [-0.39, 0.29) is 0 Å². The summed E-state index contributed by atoms with van der Waals surface area (Å²) < 4.78 is 5.52. The van der Waals surface area contributed by atoms with Crippen LogP contribution in [0, 0.1) is 11.3 Å². The van der Waals surface area contributed by atoms with Crippen LogP contribution in [0.5, 0.6) is 0 Å². The Morgan fingerprint density at radius 1 is 1.47 bits per heavy atom. The van der Waals surface area contributed by atoms with E-state index in [2.05, 4.69) is 13.8 Å². The molecule has 1 saturated carbocycles. The summed E-state index contributed by atoms with van der Waals surface area (Å²) in [5, 5.41) is 9.45. The molecular weight excluding hydrogens is 216 g/mol. The number of aliphatic carboxylic acids is 1. The third-order valence-corrected chi connectivity index (χ3v) is 3.91. The van der Waals surface area contributed by atoms with Crippen molar-refractivity contribution in [1.29, 1.82) is 0 Å². The van der Waals surface area contributed by atoms with E-state index in [4.69, 9.17) is 4.74 Å².